The first-order valence-electron chi connectivity index (χ1n) is 5.21. The highest BCUT2D eigenvalue weighted by Gasteiger charge is 2.23. The largest absolute Gasteiger partial charge is 0.389 e. The molecule has 0 saturated carbocycles. The highest BCUT2D eigenvalue weighted by atomic mass is 79.9. The minimum atomic E-state index is -0.599. The Morgan fingerprint density at radius 3 is 1.93 bits per heavy atom. The lowest BCUT2D eigenvalue weighted by atomic mass is 9.95. The van der Waals surface area contributed by atoms with Crippen LogP contribution in [-0.4, -0.2) is 40.6 Å². The lowest BCUT2D eigenvalue weighted by Gasteiger charge is -2.34. The topological polar surface area (TPSA) is 23.5 Å². The SMILES string of the molecule is CCN(CC(C)(C)O)CC(C)(C)CBr. The van der Waals surface area contributed by atoms with Gasteiger partial charge in [0.1, 0.15) is 0 Å². The minimum Gasteiger partial charge on any atom is -0.389 e. The van der Waals surface area contributed by atoms with Crippen LogP contribution in [0.3, 0.4) is 0 Å². The molecule has 0 aromatic rings. The molecule has 3 heteroatoms. The Hall–Kier alpha value is 0.400. The number of hydrogen-bond donors (Lipinski definition) is 1. The van der Waals surface area contributed by atoms with Gasteiger partial charge in [0.05, 0.1) is 5.60 Å². The average Bonchev–Trinajstić information content (AvgIpc) is 2.00. The summed E-state index contributed by atoms with van der Waals surface area (Å²) < 4.78 is 0. The lowest BCUT2D eigenvalue weighted by molar-refractivity contribution is 0.0283. The molecule has 0 bridgehead atoms. The number of halogens is 1. The predicted molar refractivity (Wildman–Crippen MR) is 66.0 cm³/mol. The van der Waals surface area contributed by atoms with E-state index in [-0.39, 0.29) is 5.41 Å². The Labute approximate surface area is 96.8 Å². The molecule has 0 aliphatic heterocycles. The van der Waals surface area contributed by atoms with Crippen molar-refractivity contribution in [3.8, 4) is 0 Å². The van der Waals surface area contributed by atoms with Crippen LogP contribution in [0.25, 0.3) is 0 Å². The third-order valence-corrected chi connectivity index (χ3v) is 3.59. The smallest absolute Gasteiger partial charge is 0.0718 e. The zero-order valence-corrected chi connectivity index (χ0v) is 11.7. The van der Waals surface area contributed by atoms with E-state index in [1.807, 2.05) is 13.8 Å². The third-order valence-electron chi connectivity index (χ3n) is 2.07. The molecular formula is C11H24BrNO. The van der Waals surface area contributed by atoms with Gasteiger partial charge in [-0.05, 0) is 25.8 Å². The summed E-state index contributed by atoms with van der Waals surface area (Å²) >= 11 is 3.52. The maximum atomic E-state index is 9.74. The number of aliphatic hydroxyl groups is 1. The molecule has 86 valence electrons. The van der Waals surface area contributed by atoms with Gasteiger partial charge in [0.2, 0.25) is 0 Å². The third kappa shape index (κ3) is 6.80. The Kier molecular flexibility index (Phi) is 5.63. The van der Waals surface area contributed by atoms with E-state index in [0.717, 1.165) is 25.0 Å². The van der Waals surface area contributed by atoms with Gasteiger partial charge in [-0.1, -0.05) is 36.7 Å². The summed E-state index contributed by atoms with van der Waals surface area (Å²) in [6, 6.07) is 0. The molecule has 14 heavy (non-hydrogen) atoms. The van der Waals surface area contributed by atoms with Gasteiger partial charge < -0.3 is 10.0 Å². The summed E-state index contributed by atoms with van der Waals surface area (Å²) in [5, 5.41) is 10.7. The van der Waals surface area contributed by atoms with Crippen LogP contribution < -0.4 is 0 Å². The summed E-state index contributed by atoms with van der Waals surface area (Å²) in [4.78, 5) is 2.29. The standard InChI is InChI=1S/C11H24BrNO/c1-6-13(9-11(4,5)14)8-10(2,3)7-12/h14H,6-9H2,1-5H3. The summed E-state index contributed by atoms with van der Waals surface area (Å²) in [7, 11) is 0. The van der Waals surface area contributed by atoms with Crippen molar-refractivity contribution in [2.24, 2.45) is 5.41 Å². The van der Waals surface area contributed by atoms with E-state index in [2.05, 4.69) is 41.6 Å². The molecule has 0 aromatic heterocycles. The minimum absolute atomic E-state index is 0.265. The zero-order valence-electron chi connectivity index (χ0n) is 10.1. The first-order valence-corrected chi connectivity index (χ1v) is 6.33. The monoisotopic (exact) mass is 265 g/mol. The van der Waals surface area contributed by atoms with Gasteiger partial charge in [0.25, 0.3) is 0 Å². The molecule has 0 rings (SSSR count). The fourth-order valence-corrected chi connectivity index (χ4v) is 1.65. The Morgan fingerprint density at radius 2 is 1.64 bits per heavy atom. The zero-order chi connectivity index (χ0) is 11.4. The Balaban J connectivity index is 4.17. The van der Waals surface area contributed by atoms with Gasteiger partial charge in [0, 0.05) is 18.4 Å². The van der Waals surface area contributed by atoms with Crippen molar-refractivity contribution in [3.05, 3.63) is 0 Å². The molecule has 0 radical (unpaired) electrons. The molecule has 0 fully saturated rings. The normalized spacial score (nSPS) is 13.7. The van der Waals surface area contributed by atoms with Crippen LogP contribution in [0, 0.1) is 5.41 Å². The van der Waals surface area contributed by atoms with Gasteiger partial charge in [-0.15, -0.1) is 0 Å². The van der Waals surface area contributed by atoms with Crippen LogP contribution in [-0.2, 0) is 0 Å². The molecular weight excluding hydrogens is 242 g/mol. The van der Waals surface area contributed by atoms with E-state index >= 15 is 0 Å². The van der Waals surface area contributed by atoms with Crippen LogP contribution in [0.5, 0.6) is 0 Å². The number of hydrogen-bond acceptors (Lipinski definition) is 2. The van der Waals surface area contributed by atoms with Crippen LogP contribution in [0.2, 0.25) is 0 Å². The molecule has 2 nitrogen and oxygen atoms in total. The van der Waals surface area contributed by atoms with E-state index in [4.69, 9.17) is 0 Å². The molecule has 0 spiro atoms. The van der Waals surface area contributed by atoms with Crippen LogP contribution in [0.15, 0.2) is 0 Å². The Morgan fingerprint density at radius 1 is 1.14 bits per heavy atom. The van der Waals surface area contributed by atoms with Crippen molar-refractivity contribution in [3.63, 3.8) is 0 Å². The quantitative estimate of drug-likeness (QED) is 0.747. The van der Waals surface area contributed by atoms with Crippen molar-refractivity contribution in [2.75, 3.05) is 25.0 Å². The van der Waals surface area contributed by atoms with Crippen molar-refractivity contribution in [1.29, 1.82) is 0 Å². The summed E-state index contributed by atoms with van der Waals surface area (Å²) in [5.74, 6) is 0. The highest BCUT2D eigenvalue weighted by Crippen LogP contribution is 2.20. The van der Waals surface area contributed by atoms with Gasteiger partial charge in [-0.2, -0.15) is 0 Å². The predicted octanol–water partition coefficient (Wildman–Crippen LogP) is 2.50. The van der Waals surface area contributed by atoms with Gasteiger partial charge in [0.15, 0.2) is 0 Å². The number of rotatable bonds is 6. The second-order valence-corrected chi connectivity index (χ2v) is 5.97. The van der Waals surface area contributed by atoms with Crippen molar-refractivity contribution < 1.29 is 5.11 Å². The number of likely N-dealkylation sites (N-methyl/N-ethyl adjacent to an activating group) is 1. The first-order chi connectivity index (χ1) is 6.20. The second-order valence-electron chi connectivity index (χ2n) is 5.41. The van der Waals surface area contributed by atoms with Crippen LogP contribution in [0.1, 0.15) is 34.6 Å². The van der Waals surface area contributed by atoms with Crippen molar-refractivity contribution >= 4 is 15.9 Å². The van der Waals surface area contributed by atoms with Gasteiger partial charge in [-0.3, -0.25) is 0 Å². The van der Waals surface area contributed by atoms with E-state index in [1.54, 1.807) is 0 Å². The molecule has 0 aliphatic carbocycles. The van der Waals surface area contributed by atoms with E-state index < -0.39 is 5.60 Å². The molecule has 0 saturated heterocycles. The maximum Gasteiger partial charge on any atom is 0.0718 e. The highest BCUT2D eigenvalue weighted by molar-refractivity contribution is 9.09. The first kappa shape index (κ1) is 14.4. The second kappa shape index (κ2) is 5.47. The fraction of sp³-hybridized carbons (Fsp3) is 1.00. The van der Waals surface area contributed by atoms with Crippen LogP contribution >= 0.6 is 15.9 Å². The summed E-state index contributed by atoms with van der Waals surface area (Å²) in [6.45, 7) is 13.0. The molecule has 0 amide bonds. The lowest BCUT2D eigenvalue weighted by Crippen LogP contribution is -2.43. The molecule has 0 heterocycles. The fourth-order valence-electron chi connectivity index (χ4n) is 1.47. The van der Waals surface area contributed by atoms with E-state index in [1.165, 1.54) is 0 Å². The molecule has 0 aliphatic rings. The van der Waals surface area contributed by atoms with Gasteiger partial charge >= 0.3 is 0 Å². The molecule has 0 aromatic carbocycles. The van der Waals surface area contributed by atoms with Crippen molar-refractivity contribution in [2.45, 2.75) is 40.2 Å². The molecule has 0 atom stereocenters. The van der Waals surface area contributed by atoms with E-state index in [9.17, 15) is 5.11 Å². The molecule has 0 unspecified atom stereocenters. The number of nitrogens with zero attached hydrogens (tertiary/aromatic N) is 1. The van der Waals surface area contributed by atoms with Crippen LogP contribution in [0.4, 0.5) is 0 Å². The van der Waals surface area contributed by atoms with Crippen molar-refractivity contribution in [1.82, 2.24) is 4.90 Å². The van der Waals surface area contributed by atoms with E-state index in [0.29, 0.717) is 0 Å². The maximum absolute atomic E-state index is 9.74. The average molecular weight is 266 g/mol. The summed E-state index contributed by atoms with van der Waals surface area (Å²) in [5.41, 5.74) is -0.334. The number of alkyl halides is 1. The summed E-state index contributed by atoms with van der Waals surface area (Å²) in [6.07, 6.45) is 0. The molecule has 1 N–H and O–H groups in total. The Bertz CT molecular complexity index is 163. The van der Waals surface area contributed by atoms with Gasteiger partial charge in [-0.25, -0.2) is 0 Å².